The van der Waals surface area contributed by atoms with Crippen LogP contribution in [0.1, 0.15) is 33.3 Å². The van der Waals surface area contributed by atoms with E-state index in [2.05, 4.69) is 0 Å². The Morgan fingerprint density at radius 1 is 0.964 bits per heavy atom. The fourth-order valence-electron chi connectivity index (χ4n) is 3.12. The first kappa shape index (κ1) is 22.1. The van der Waals surface area contributed by atoms with E-state index in [1.54, 1.807) is 26.0 Å². The predicted molar refractivity (Wildman–Crippen MR) is 111 cm³/mol. The Bertz CT molecular complexity index is 875. The van der Waals surface area contributed by atoms with Crippen LogP contribution in [0, 0.1) is 11.8 Å². The lowest BCUT2D eigenvalue weighted by Gasteiger charge is -2.33. The molecule has 0 amide bonds. The van der Waals surface area contributed by atoms with Gasteiger partial charge in [-0.15, -0.1) is 0 Å². The summed E-state index contributed by atoms with van der Waals surface area (Å²) in [6.07, 6.45) is 0. The van der Waals surface area contributed by atoms with E-state index in [0.717, 1.165) is 5.56 Å². The third kappa shape index (κ3) is 5.00. The zero-order chi connectivity index (χ0) is 20.9. The quantitative estimate of drug-likeness (QED) is 0.631. The molecule has 0 heterocycles. The molecule has 152 valence electrons. The van der Waals surface area contributed by atoms with E-state index in [9.17, 15) is 13.2 Å². The van der Waals surface area contributed by atoms with Gasteiger partial charge in [-0.25, -0.2) is 8.42 Å². The van der Waals surface area contributed by atoms with Crippen LogP contribution in [0.3, 0.4) is 0 Å². The SMILES string of the molecule is COc1ccc(S(=O)(=O)N(Cc2ccccc2)[C@H](C(=O)C(C)C)C(C)C)cc1. The number of methoxy groups -OCH3 is 1. The van der Waals surface area contributed by atoms with E-state index in [-0.39, 0.29) is 29.1 Å². The summed E-state index contributed by atoms with van der Waals surface area (Å²) in [4.78, 5) is 13.1. The van der Waals surface area contributed by atoms with Crippen LogP contribution in [0.15, 0.2) is 59.5 Å². The zero-order valence-electron chi connectivity index (χ0n) is 17.1. The van der Waals surface area contributed by atoms with Gasteiger partial charge in [0.25, 0.3) is 0 Å². The molecule has 5 nitrogen and oxygen atoms in total. The molecule has 0 bridgehead atoms. The first-order valence-electron chi connectivity index (χ1n) is 9.42. The van der Waals surface area contributed by atoms with Gasteiger partial charge in [-0.3, -0.25) is 4.79 Å². The monoisotopic (exact) mass is 403 g/mol. The molecule has 0 N–H and O–H groups in total. The van der Waals surface area contributed by atoms with Crippen molar-refractivity contribution in [2.75, 3.05) is 7.11 Å². The Labute approximate surface area is 168 Å². The van der Waals surface area contributed by atoms with Crippen LogP contribution in [0.2, 0.25) is 0 Å². The van der Waals surface area contributed by atoms with Crippen molar-refractivity contribution in [1.82, 2.24) is 4.31 Å². The Morgan fingerprint density at radius 2 is 1.54 bits per heavy atom. The van der Waals surface area contributed by atoms with Gasteiger partial charge >= 0.3 is 0 Å². The fraction of sp³-hybridized carbons (Fsp3) is 0.409. The summed E-state index contributed by atoms with van der Waals surface area (Å²) in [6, 6.07) is 14.9. The third-order valence-electron chi connectivity index (χ3n) is 4.65. The number of nitrogens with zero attached hydrogens (tertiary/aromatic N) is 1. The maximum absolute atomic E-state index is 13.5. The molecule has 0 saturated carbocycles. The third-order valence-corrected chi connectivity index (χ3v) is 6.49. The first-order chi connectivity index (χ1) is 13.2. The molecule has 0 spiro atoms. The lowest BCUT2D eigenvalue weighted by Crippen LogP contribution is -2.48. The van der Waals surface area contributed by atoms with E-state index >= 15 is 0 Å². The normalized spacial score (nSPS) is 13.1. The van der Waals surface area contributed by atoms with Crippen molar-refractivity contribution in [2.45, 2.75) is 45.2 Å². The Morgan fingerprint density at radius 3 is 2.00 bits per heavy atom. The van der Waals surface area contributed by atoms with Gasteiger partial charge in [-0.05, 0) is 35.7 Å². The number of Topliss-reactive ketones (excluding diaryl/α,β-unsaturated/α-hetero) is 1. The van der Waals surface area contributed by atoms with Gasteiger partial charge in [0.05, 0.1) is 18.0 Å². The minimum absolute atomic E-state index is 0.0805. The number of carbonyl (C=O) groups is 1. The molecule has 2 aromatic carbocycles. The average molecular weight is 404 g/mol. The van der Waals surface area contributed by atoms with Gasteiger partial charge in [0.15, 0.2) is 5.78 Å². The second kappa shape index (κ2) is 9.34. The number of hydrogen-bond acceptors (Lipinski definition) is 4. The van der Waals surface area contributed by atoms with Crippen molar-refractivity contribution in [1.29, 1.82) is 0 Å². The minimum Gasteiger partial charge on any atom is -0.497 e. The van der Waals surface area contributed by atoms with Crippen LogP contribution in [0.25, 0.3) is 0 Å². The molecular formula is C22H29NO4S. The number of rotatable bonds is 9. The molecule has 0 saturated heterocycles. The van der Waals surface area contributed by atoms with Crippen LogP contribution in [-0.2, 0) is 21.4 Å². The molecule has 2 rings (SSSR count). The zero-order valence-corrected chi connectivity index (χ0v) is 17.9. The predicted octanol–water partition coefficient (Wildman–Crippen LogP) is 4.14. The molecule has 0 unspecified atom stereocenters. The van der Waals surface area contributed by atoms with E-state index < -0.39 is 16.1 Å². The molecular weight excluding hydrogens is 374 g/mol. The average Bonchev–Trinajstić information content (AvgIpc) is 2.67. The highest BCUT2D eigenvalue weighted by Gasteiger charge is 2.38. The second-order valence-electron chi connectivity index (χ2n) is 7.46. The van der Waals surface area contributed by atoms with Crippen molar-refractivity contribution in [3.05, 3.63) is 60.2 Å². The van der Waals surface area contributed by atoms with Gasteiger partial charge in [-0.2, -0.15) is 4.31 Å². The Balaban J connectivity index is 2.56. The first-order valence-corrected chi connectivity index (χ1v) is 10.9. The van der Waals surface area contributed by atoms with E-state index in [1.165, 1.54) is 23.5 Å². The number of benzene rings is 2. The molecule has 0 aliphatic heterocycles. The summed E-state index contributed by atoms with van der Waals surface area (Å²) in [7, 11) is -2.36. The lowest BCUT2D eigenvalue weighted by atomic mass is 9.93. The second-order valence-corrected chi connectivity index (χ2v) is 9.35. The minimum atomic E-state index is -3.89. The summed E-state index contributed by atoms with van der Waals surface area (Å²) >= 11 is 0. The highest BCUT2D eigenvalue weighted by molar-refractivity contribution is 7.89. The number of sulfonamides is 1. The van der Waals surface area contributed by atoms with Gasteiger partial charge in [0.2, 0.25) is 10.0 Å². The van der Waals surface area contributed by atoms with Gasteiger partial charge in [-0.1, -0.05) is 58.0 Å². The molecule has 1 atom stereocenters. The van der Waals surface area contributed by atoms with Crippen LogP contribution in [-0.4, -0.2) is 31.7 Å². The molecule has 6 heteroatoms. The summed E-state index contributed by atoms with van der Waals surface area (Å²) in [5, 5.41) is 0. The highest BCUT2D eigenvalue weighted by Crippen LogP contribution is 2.27. The van der Waals surface area contributed by atoms with Crippen molar-refractivity contribution in [3.8, 4) is 5.75 Å². The van der Waals surface area contributed by atoms with Crippen molar-refractivity contribution < 1.29 is 17.9 Å². The molecule has 28 heavy (non-hydrogen) atoms. The standard InChI is InChI=1S/C22H29NO4S/c1-16(2)21(22(24)17(3)4)23(15-18-9-7-6-8-10-18)28(25,26)20-13-11-19(27-5)12-14-20/h6-14,16-17,21H,15H2,1-5H3/t21-/m0/s1. The summed E-state index contributed by atoms with van der Waals surface area (Å²) in [5.74, 6) is 0.0682. The van der Waals surface area contributed by atoms with E-state index in [4.69, 9.17) is 4.74 Å². The van der Waals surface area contributed by atoms with E-state index in [1.807, 2.05) is 44.2 Å². The Kier molecular flexibility index (Phi) is 7.38. The topological polar surface area (TPSA) is 63.7 Å². The molecule has 2 aromatic rings. The molecule has 0 fully saturated rings. The maximum atomic E-state index is 13.5. The number of hydrogen-bond donors (Lipinski definition) is 0. The van der Waals surface area contributed by atoms with Crippen molar-refractivity contribution in [2.24, 2.45) is 11.8 Å². The molecule has 0 aliphatic rings. The number of ketones is 1. The largest absolute Gasteiger partial charge is 0.497 e. The summed E-state index contributed by atoms with van der Waals surface area (Å²) in [6.45, 7) is 7.51. The number of carbonyl (C=O) groups excluding carboxylic acids is 1. The number of ether oxygens (including phenoxy) is 1. The van der Waals surface area contributed by atoms with Gasteiger partial charge in [0.1, 0.15) is 5.75 Å². The summed E-state index contributed by atoms with van der Waals surface area (Å²) in [5.41, 5.74) is 0.835. The maximum Gasteiger partial charge on any atom is 0.244 e. The molecule has 0 aromatic heterocycles. The van der Waals surface area contributed by atoms with Crippen molar-refractivity contribution in [3.63, 3.8) is 0 Å². The smallest absolute Gasteiger partial charge is 0.244 e. The van der Waals surface area contributed by atoms with Crippen molar-refractivity contribution >= 4 is 15.8 Å². The Hall–Kier alpha value is -2.18. The van der Waals surface area contributed by atoms with Crippen LogP contribution in [0.4, 0.5) is 0 Å². The van der Waals surface area contributed by atoms with Gasteiger partial charge in [0, 0.05) is 12.5 Å². The molecule has 0 radical (unpaired) electrons. The fourth-order valence-corrected chi connectivity index (χ4v) is 4.84. The lowest BCUT2D eigenvalue weighted by molar-refractivity contribution is -0.127. The highest BCUT2D eigenvalue weighted by atomic mass is 32.2. The van der Waals surface area contributed by atoms with Crippen LogP contribution < -0.4 is 4.74 Å². The van der Waals surface area contributed by atoms with Gasteiger partial charge < -0.3 is 4.74 Å². The van der Waals surface area contributed by atoms with E-state index in [0.29, 0.717) is 5.75 Å². The van der Waals surface area contributed by atoms with Crippen LogP contribution in [0.5, 0.6) is 5.75 Å². The van der Waals surface area contributed by atoms with Crippen LogP contribution >= 0.6 is 0 Å². The summed E-state index contributed by atoms with van der Waals surface area (Å²) < 4.78 is 33.6. The molecule has 0 aliphatic carbocycles.